The second-order valence-corrected chi connectivity index (χ2v) is 8.96. The molecule has 9 nitrogen and oxygen atoms in total. The highest BCUT2D eigenvalue weighted by Crippen LogP contribution is 2.21. The van der Waals surface area contributed by atoms with Gasteiger partial charge in [-0.15, -0.1) is 0 Å². The van der Waals surface area contributed by atoms with E-state index in [0.717, 1.165) is 0 Å². The van der Waals surface area contributed by atoms with Crippen molar-refractivity contribution in [1.82, 2.24) is 14.5 Å². The summed E-state index contributed by atoms with van der Waals surface area (Å²) in [6.07, 6.45) is 0. The van der Waals surface area contributed by atoms with E-state index >= 15 is 0 Å². The number of benzene rings is 2. The SMILES string of the molecule is Cc1c(C(=O)NCCN2CCN(S(=O)(=O)c3ccccc3)CC2)cccc1[N+](=O)[O-]. The van der Waals surface area contributed by atoms with Crippen LogP contribution in [0.2, 0.25) is 0 Å². The topological polar surface area (TPSA) is 113 Å². The number of hydrogen-bond donors (Lipinski definition) is 1. The van der Waals surface area contributed by atoms with Crippen LogP contribution in [0.4, 0.5) is 5.69 Å². The van der Waals surface area contributed by atoms with E-state index in [-0.39, 0.29) is 22.1 Å². The number of nitro groups is 1. The number of carbonyl (C=O) groups is 1. The lowest BCUT2D eigenvalue weighted by Gasteiger charge is -2.33. The Bertz CT molecular complexity index is 1020. The lowest BCUT2D eigenvalue weighted by molar-refractivity contribution is -0.385. The van der Waals surface area contributed by atoms with Gasteiger partial charge in [0.15, 0.2) is 0 Å². The maximum absolute atomic E-state index is 12.7. The molecule has 2 aromatic carbocycles. The predicted octanol–water partition coefficient (Wildman–Crippen LogP) is 1.64. The molecule has 1 aliphatic rings. The van der Waals surface area contributed by atoms with Gasteiger partial charge >= 0.3 is 0 Å². The Morgan fingerprint density at radius 1 is 1.07 bits per heavy atom. The number of nitrogens with zero attached hydrogens (tertiary/aromatic N) is 3. The number of piperazine rings is 1. The summed E-state index contributed by atoms with van der Waals surface area (Å²) in [5.41, 5.74) is 0.529. The fourth-order valence-electron chi connectivity index (χ4n) is 3.43. The Labute approximate surface area is 175 Å². The number of nitro benzene ring substituents is 1. The lowest BCUT2D eigenvalue weighted by Crippen LogP contribution is -2.50. The molecule has 30 heavy (non-hydrogen) atoms. The molecule has 1 fully saturated rings. The van der Waals surface area contributed by atoms with E-state index in [4.69, 9.17) is 0 Å². The van der Waals surface area contributed by atoms with Crippen LogP contribution in [0, 0.1) is 17.0 Å². The molecule has 1 heterocycles. The Morgan fingerprint density at radius 2 is 1.73 bits per heavy atom. The zero-order valence-electron chi connectivity index (χ0n) is 16.7. The van der Waals surface area contributed by atoms with Crippen LogP contribution < -0.4 is 5.32 Å². The largest absolute Gasteiger partial charge is 0.351 e. The summed E-state index contributed by atoms with van der Waals surface area (Å²) in [5, 5.41) is 13.8. The molecule has 0 aromatic heterocycles. The number of carbonyl (C=O) groups excluding carboxylic acids is 1. The zero-order chi connectivity index (χ0) is 21.7. The molecule has 0 aliphatic carbocycles. The Morgan fingerprint density at radius 3 is 2.37 bits per heavy atom. The highest BCUT2D eigenvalue weighted by atomic mass is 32.2. The molecule has 3 rings (SSSR count). The molecule has 0 atom stereocenters. The molecule has 10 heteroatoms. The number of amides is 1. The summed E-state index contributed by atoms with van der Waals surface area (Å²) in [6, 6.07) is 12.8. The molecule has 0 unspecified atom stereocenters. The van der Waals surface area contributed by atoms with Gasteiger partial charge in [-0.2, -0.15) is 4.31 Å². The molecule has 1 N–H and O–H groups in total. The number of nitrogens with one attached hydrogen (secondary N) is 1. The van der Waals surface area contributed by atoms with E-state index in [0.29, 0.717) is 44.8 Å². The summed E-state index contributed by atoms with van der Waals surface area (Å²) in [6.45, 7) is 4.39. The fourth-order valence-corrected chi connectivity index (χ4v) is 4.87. The first kappa shape index (κ1) is 21.9. The van der Waals surface area contributed by atoms with Crippen molar-refractivity contribution in [1.29, 1.82) is 0 Å². The Hall–Kier alpha value is -2.82. The van der Waals surface area contributed by atoms with Gasteiger partial charge in [-0.1, -0.05) is 24.3 Å². The van der Waals surface area contributed by atoms with Gasteiger partial charge in [-0.3, -0.25) is 19.8 Å². The van der Waals surface area contributed by atoms with Crippen LogP contribution in [0.15, 0.2) is 53.4 Å². The fraction of sp³-hybridized carbons (Fsp3) is 0.350. The monoisotopic (exact) mass is 432 g/mol. The molecule has 160 valence electrons. The van der Waals surface area contributed by atoms with E-state index < -0.39 is 14.9 Å². The van der Waals surface area contributed by atoms with Crippen LogP contribution in [-0.2, 0) is 10.0 Å². The van der Waals surface area contributed by atoms with Crippen LogP contribution in [0.1, 0.15) is 15.9 Å². The minimum absolute atomic E-state index is 0.0848. The van der Waals surface area contributed by atoms with Gasteiger partial charge in [0.05, 0.1) is 9.82 Å². The van der Waals surface area contributed by atoms with Gasteiger partial charge in [0, 0.05) is 56.5 Å². The average Bonchev–Trinajstić information content (AvgIpc) is 2.74. The highest BCUT2D eigenvalue weighted by molar-refractivity contribution is 7.89. The van der Waals surface area contributed by atoms with Gasteiger partial charge < -0.3 is 5.32 Å². The first-order valence-corrected chi connectivity index (χ1v) is 11.0. The van der Waals surface area contributed by atoms with Crippen molar-refractivity contribution in [2.45, 2.75) is 11.8 Å². The second-order valence-electron chi connectivity index (χ2n) is 7.02. The summed E-state index contributed by atoms with van der Waals surface area (Å²) >= 11 is 0. The molecule has 1 amide bonds. The molecule has 2 aromatic rings. The molecular weight excluding hydrogens is 408 g/mol. The average molecular weight is 433 g/mol. The lowest BCUT2D eigenvalue weighted by atomic mass is 10.1. The maximum atomic E-state index is 12.7. The predicted molar refractivity (Wildman–Crippen MR) is 112 cm³/mol. The van der Waals surface area contributed by atoms with E-state index in [1.54, 1.807) is 43.3 Å². The minimum atomic E-state index is -3.49. The second kappa shape index (κ2) is 9.33. The molecule has 0 bridgehead atoms. The first-order chi connectivity index (χ1) is 14.3. The highest BCUT2D eigenvalue weighted by Gasteiger charge is 2.28. The van der Waals surface area contributed by atoms with Crippen LogP contribution in [0.5, 0.6) is 0 Å². The van der Waals surface area contributed by atoms with Crippen molar-refractivity contribution in [3.63, 3.8) is 0 Å². The summed E-state index contributed by atoms with van der Waals surface area (Å²) < 4.78 is 26.8. The molecule has 1 aliphatic heterocycles. The van der Waals surface area contributed by atoms with Crippen LogP contribution >= 0.6 is 0 Å². The van der Waals surface area contributed by atoms with Gasteiger partial charge in [-0.25, -0.2) is 8.42 Å². The Balaban J connectivity index is 1.49. The third-order valence-electron chi connectivity index (χ3n) is 5.17. The molecule has 0 radical (unpaired) electrons. The van der Waals surface area contributed by atoms with Crippen molar-refractivity contribution in [3.8, 4) is 0 Å². The van der Waals surface area contributed by atoms with E-state index in [1.807, 2.05) is 0 Å². The van der Waals surface area contributed by atoms with Crippen molar-refractivity contribution >= 4 is 21.6 Å². The maximum Gasteiger partial charge on any atom is 0.273 e. The molecular formula is C20H24N4O5S. The van der Waals surface area contributed by atoms with Gasteiger partial charge in [0.1, 0.15) is 0 Å². The third kappa shape index (κ3) is 4.84. The molecule has 0 spiro atoms. The van der Waals surface area contributed by atoms with E-state index in [1.165, 1.54) is 16.4 Å². The minimum Gasteiger partial charge on any atom is -0.351 e. The number of sulfonamides is 1. The number of rotatable bonds is 7. The van der Waals surface area contributed by atoms with E-state index in [9.17, 15) is 23.3 Å². The van der Waals surface area contributed by atoms with Crippen LogP contribution in [0.25, 0.3) is 0 Å². The summed E-state index contributed by atoms with van der Waals surface area (Å²) in [5.74, 6) is -0.360. The molecule has 1 saturated heterocycles. The van der Waals surface area contributed by atoms with Gasteiger partial charge in [0.25, 0.3) is 11.6 Å². The van der Waals surface area contributed by atoms with Gasteiger partial charge in [-0.05, 0) is 25.1 Å². The van der Waals surface area contributed by atoms with Gasteiger partial charge in [0.2, 0.25) is 10.0 Å². The number of hydrogen-bond acceptors (Lipinski definition) is 6. The van der Waals surface area contributed by atoms with Crippen molar-refractivity contribution in [2.75, 3.05) is 39.3 Å². The zero-order valence-corrected chi connectivity index (χ0v) is 17.5. The Kier molecular flexibility index (Phi) is 6.80. The van der Waals surface area contributed by atoms with Crippen molar-refractivity contribution < 1.29 is 18.1 Å². The van der Waals surface area contributed by atoms with Crippen LogP contribution in [-0.4, -0.2) is 67.7 Å². The normalized spacial score (nSPS) is 15.6. The molecule has 0 saturated carbocycles. The van der Waals surface area contributed by atoms with Crippen molar-refractivity contribution in [3.05, 3.63) is 69.8 Å². The third-order valence-corrected chi connectivity index (χ3v) is 7.09. The van der Waals surface area contributed by atoms with Crippen molar-refractivity contribution in [2.24, 2.45) is 0 Å². The van der Waals surface area contributed by atoms with Crippen LogP contribution in [0.3, 0.4) is 0 Å². The van der Waals surface area contributed by atoms with E-state index in [2.05, 4.69) is 10.2 Å². The standard InChI is InChI=1S/C20H24N4O5S/c1-16-18(8-5-9-19(16)24(26)27)20(25)21-10-11-22-12-14-23(15-13-22)30(28,29)17-6-3-2-4-7-17/h2-9H,10-15H2,1H3,(H,21,25). The smallest absolute Gasteiger partial charge is 0.273 e. The summed E-state index contributed by atoms with van der Waals surface area (Å²) in [4.78, 5) is 25.3. The first-order valence-electron chi connectivity index (χ1n) is 9.60. The summed E-state index contributed by atoms with van der Waals surface area (Å²) in [7, 11) is -3.49. The quantitative estimate of drug-likeness (QED) is 0.526.